The predicted octanol–water partition coefficient (Wildman–Crippen LogP) is 5.96. The van der Waals surface area contributed by atoms with E-state index >= 15 is 0 Å². The van der Waals surface area contributed by atoms with Gasteiger partial charge in [0.05, 0.1) is 23.4 Å². The van der Waals surface area contributed by atoms with Crippen molar-refractivity contribution < 1.29 is 19.0 Å². The van der Waals surface area contributed by atoms with Crippen LogP contribution in [-0.4, -0.2) is 31.5 Å². The van der Waals surface area contributed by atoms with Gasteiger partial charge in [-0.1, -0.05) is 12.6 Å². The molecule has 5 nitrogen and oxygen atoms in total. The Morgan fingerprint density at radius 3 is 2.52 bits per heavy atom. The summed E-state index contributed by atoms with van der Waals surface area (Å²) < 4.78 is 17.8. The number of benzene rings is 1. The third-order valence-corrected chi connectivity index (χ3v) is 5.94. The molecule has 1 unspecified atom stereocenters. The van der Waals surface area contributed by atoms with E-state index in [-0.39, 0.29) is 17.6 Å². The van der Waals surface area contributed by atoms with E-state index in [9.17, 15) is 4.79 Å². The van der Waals surface area contributed by atoms with Crippen molar-refractivity contribution in [1.82, 2.24) is 5.32 Å². The second kappa shape index (κ2) is 9.41. The molecule has 1 aliphatic rings. The number of methoxy groups -OCH3 is 1. The zero-order chi connectivity index (χ0) is 21.8. The Kier molecular flexibility index (Phi) is 7.66. The molecular formula is C23H34BrNO4. The molecule has 0 radical (unpaired) electrons. The van der Waals surface area contributed by atoms with E-state index in [1.165, 1.54) is 0 Å². The first kappa shape index (κ1) is 23.6. The minimum absolute atomic E-state index is 0.143. The Hall–Kier alpha value is -1.69. The van der Waals surface area contributed by atoms with Crippen LogP contribution in [0.15, 0.2) is 35.0 Å². The van der Waals surface area contributed by atoms with Gasteiger partial charge >= 0.3 is 6.09 Å². The third-order valence-electron chi connectivity index (χ3n) is 5.32. The van der Waals surface area contributed by atoms with E-state index in [0.29, 0.717) is 18.2 Å². The highest BCUT2D eigenvalue weighted by Crippen LogP contribution is 2.37. The van der Waals surface area contributed by atoms with E-state index < -0.39 is 5.60 Å². The third kappa shape index (κ3) is 6.66. The van der Waals surface area contributed by atoms with Crippen LogP contribution in [0.3, 0.4) is 0 Å². The highest BCUT2D eigenvalue weighted by Gasteiger charge is 2.29. The smallest absolute Gasteiger partial charge is 0.407 e. The van der Waals surface area contributed by atoms with Crippen LogP contribution in [0.4, 0.5) is 4.79 Å². The molecule has 1 amide bonds. The Labute approximate surface area is 183 Å². The highest BCUT2D eigenvalue weighted by atomic mass is 79.9. The van der Waals surface area contributed by atoms with Crippen molar-refractivity contribution in [1.29, 1.82) is 0 Å². The summed E-state index contributed by atoms with van der Waals surface area (Å²) in [5.74, 6) is 1.95. The van der Waals surface area contributed by atoms with Crippen LogP contribution < -0.4 is 10.1 Å². The Morgan fingerprint density at radius 1 is 1.24 bits per heavy atom. The minimum Gasteiger partial charge on any atom is -0.501 e. The lowest BCUT2D eigenvalue weighted by molar-refractivity contribution is 0.0518. The number of halogens is 1. The quantitative estimate of drug-likeness (QED) is 0.502. The van der Waals surface area contributed by atoms with Crippen LogP contribution in [0.5, 0.6) is 5.75 Å². The summed E-state index contributed by atoms with van der Waals surface area (Å²) in [6.45, 7) is 14.4. The molecule has 1 fully saturated rings. The van der Waals surface area contributed by atoms with Crippen molar-refractivity contribution in [3.8, 4) is 5.75 Å². The monoisotopic (exact) mass is 467 g/mol. The van der Waals surface area contributed by atoms with Gasteiger partial charge in [-0.25, -0.2) is 4.79 Å². The van der Waals surface area contributed by atoms with Gasteiger partial charge in [0.15, 0.2) is 0 Å². The van der Waals surface area contributed by atoms with Gasteiger partial charge in [0, 0.05) is 12.0 Å². The maximum Gasteiger partial charge on any atom is 0.407 e. The molecule has 2 atom stereocenters. The van der Waals surface area contributed by atoms with Gasteiger partial charge < -0.3 is 19.5 Å². The van der Waals surface area contributed by atoms with Crippen molar-refractivity contribution in [2.45, 2.75) is 71.0 Å². The summed E-state index contributed by atoms with van der Waals surface area (Å²) in [6.07, 6.45) is 2.69. The van der Waals surface area contributed by atoms with Crippen molar-refractivity contribution in [3.63, 3.8) is 0 Å². The lowest BCUT2D eigenvalue weighted by atomic mass is 9.83. The van der Waals surface area contributed by atoms with Crippen molar-refractivity contribution >= 4 is 22.0 Å². The summed E-state index contributed by atoms with van der Waals surface area (Å²) in [4.78, 5) is 11.8. The van der Waals surface area contributed by atoms with Gasteiger partial charge in [0.2, 0.25) is 0 Å². The molecule has 6 heteroatoms. The number of alkyl carbamates (subject to hydrolysis) is 1. The first-order chi connectivity index (χ1) is 13.4. The fraction of sp³-hybridized carbons (Fsp3) is 0.609. The number of ether oxygens (including phenoxy) is 3. The molecule has 0 saturated heterocycles. The standard InChI is InChI=1S/C23H34BrNO4/c1-15(27-7)23(5,6)17-9-11-20(19(24)13-17)28-18-10-8-16(12-18)14-25-21(26)29-22(2,3)4/h9,11,13,16,18H,1,8,10,12,14H2,2-7H3,(H,25,26)/t16?,18-/m1/s1. The van der Waals surface area contributed by atoms with Crippen LogP contribution in [0.1, 0.15) is 59.4 Å². The van der Waals surface area contributed by atoms with E-state index in [1.54, 1.807) is 7.11 Å². The number of hydrogen-bond acceptors (Lipinski definition) is 4. The largest absolute Gasteiger partial charge is 0.501 e. The fourth-order valence-electron chi connectivity index (χ4n) is 3.44. The highest BCUT2D eigenvalue weighted by molar-refractivity contribution is 9.10. The molecule has 0 aliphatic heterocycles. The lowest BCUT2D eigenvalue weighted by Crippen LogP contribution is -2.35. The van der Waals surface area contributed by atoms with Gasteiger partial charge in [-0.2, -0.15) is 0 Å². The van der Waals surface area contributed by atoms with Crippen molar-refractivity contribution in [2.75, 3.05) is 13.7 Å². The number of rotatable bonds is 7. The second-order valence-corrected chi connectivity index (χ2v) is 10.1. The first-order valence-electron chi connectivity index (χ1n) is 10.1. The van der Waals surface area contributed by atoms with E-state index in [0.717, 1.165) is 35.0 Å². The maximum atomic E-state index is 11.8. The minimum atomic E-state index is -0.478. The lowest BCUT2D eigenvalue weighted by Gasteiger charge is -2.27. The second-order valence-electron chi connectivity index (χ2n) is 9.20. The molecule has 29 heavy (non-hydrogen) atoms. The summed E-state index contributed by atoms with van der Waals surface area (Å²) in [7, 11) is 1.64. The zero-order valence-electron chi connectivity index (χ0n) is 18.4. The van der Waals surface area contributed by atoms with E-state index in [2.05, 4.69) is 53.8 Å². The summed E-state index contributed by atoms with van der Waals surface area (Å²) in [5, 5.41) is 2.87. The molecule has 2 rings (SSSR count). The Bertz CT molecular complexity index is 739. The summed E-state index contributed by atoms with van der Waals surface area (Å²) in [5.41, 5.74) is 0.338. The molecule has 1 saturated carbocycles. The number of amides is 1. The number of carbonyl (C=O) groups excluding carboxylic acids is 1. The summed E-state index contributed by atoms with van der Waals surface area (Å²) >= 11 is 3.64. The predicted molar refractivity (Wildman–Crippen MR) is 119 cm³/mol. The van der Waals surface area contributed by atoms with Gasteiger partial charge in [-0.15, -0.1) is 0 Å². The Balaban J connectivity index is 1.90. The van der Waals surface area contributed by atoms with Crippen LogP contribution in [-0.2, 0) is 14.9 Å². The molecule has 1 aromatic rings. The normalized spacial score (nSPS) is 19.6. The number of allylic oxidation sites excluding steroid dienone is 1. The molecule has 1 N–H and O–H groups in total. The number of carbonyl (C=O) groups is 1. The van der Waals surface area contributed by atoms with Gasteiger partial charge in [0.25, 0.3) is 0 Å². The SMILES string of the molecule is C=C(OC)C(C)(C)c1ccc(O[C@@H]2CCC(CNC(=O)OC(C)(C)C)C2)c(Br)c1. The molecule has 0 bridgehead atoms. The summed E-state index contributed by atoms with van der Waals surface area (Å²) in [6, 6.07) is 6.12. The molecular weight excluding hydrogens is 434 g/mol. The van der Waals surface area contributed by atoms with Crippen molar-refractivity contribution in [3.05, 3.63) is 40.6 Å². The van der Waals surface area contributed by atoms with Crippen LogP contribution in [0, 0.1) is 5.92 Å². The molecule has 162 valence electrons. The van der Waals surface area contributed by atoms with Gasteiger partial charge in [-0.3, -0.25) is 0 Å². The molecule has 0 heterocycles. The fourth-order valence-corrected chi connectivity index (χ4v) is 3.92. The molecule has 1 aliphatic carbocycles. The van der Waals surface area contributed by atoms with Crippen LogP contribution in [0.25, 0.3) is 0 Å². The number of hydrogen-bond donors (Lipinski definition) is 1. The number of nitrogens with one attached hydrogen (secondary N) is 1. The van der Waals surface area contributed by atoms with Gasteiger partial charge in [0.1, 0.15) is 11.4 Å². The Morgan fingerprint density at radius 2 is 1.93 bits per heavy atom. The van der Waals surface area contributed by atoms with E-state index in [4.69, 9.17) is 14.2 Å². The first-order valence-corrected chi connectivity index (χ1v) is 10.9. The van der Waals surface area contributed by atoms with Crippen LogP contribution in [0.2, 0.25) is 0 Å². The maximum absolute atomic E-state index is 11.8. The van der Waals surface area contributed by atoms with Crippen molar-refractivity contribution in [2.24, 2.45) is 5.92 Å². The van der Waals surface area contributed by atoms with Crippen LogP contribution >= 0.6 is 15.9 Å². The average molecular weight is 468 g/mol. The topological polar surface area (TPSA) is 56.8 Å². The molecule has 0 aromatic heterocycles. The zero-order valence-corrected chi connectivity index (χ0v) is 20.0. The van der Waals surface area contributed by atoms with E-state index in [1.807, 2.05) is 26.8 Å². The van der Waals surface area contributed by atoms with Gasteiger partial charge in [-0.05, 0) is 93.4 Å². The average Bonchev–Trinajstić information content (AvgIpc) is 3.07. The molecule has 1 aromatic carbocycles. The molecule has 0 spiro atoms.